The number of benzene rings is 1. The Bertz CT molecular complexity index is 681. The molecular formula is C13H13F3N2O2. The highest BCUT2D eigenvalue weighted by atomic mass is 19.4. The molecule has 0 bridgehead atoms. The van der Waals surface area contributed by atoms with Crippen LogP contribution in [0, 0.1) is 10.1 Å². The van der Waals surface area contributed by atoms with Crippen LogP contribution in [0.15, 0.2) is 18.3 Å². The first-order valence-electron chi connectivity index (χ1n) is 5.89. The van der Waals surface area contributed by atoms with Crippen LogP contribution in [0.3, 0.4) is 0 Å². The van der Waals surface area contributed by atoms with Crippen molar-refractivity contribution in [2.45, 2.75) is 32.4 Å². The third-order valence-electron chi connectivity index (χ3n) is 3.11. The fourth-order valence-electron chi connectivity index (χ4n) is 2.16. The summed E-state index contributed by atoms with van der Waals surface area (Å²) in [6, 6.07) is 1.79. The zero-order valence-electron chi connectivity index (χ0n) is 11.1. The second kappa shape index (κ2) is 4.22. The van der Waals surface area contributed by atoms with Crippen molar-refractivity contribution in [3.05, 3.63) is 39.6 Å². The fraction of sp³-hybridized carbons (Fsp3) is 0.385. The number of aromatic nitrogens is 1. The van der Waals surface area contributed by atoms with E-state index in [4.69, 9.17) is 0 Å². The number of nitrogens with one attached hydrogen (secondary N) is 1. The molecule has 108 valence electrons. The van der Waals surface area contributed by atoms with E-state index in [1.807, 2.05) is 20.8 Å². The van der Waals surface area contributed by atoms with Crippen LogP contribution in [-0.2, 0) is 11.6 Å². The molecule has 2 rings (SSSR count). The topological polar surface area (TPSA) is 58.9 Å². The molecule has 0 atom stereocenters. The van der Waals surface area contributed by atoms with E-state index in [9.17, 15) is 23.3 Å². The van der Waals surface area contributed by atoms with Crippen LogP contribution in [-0.4, -0.2) is 9.91 Å². The second-order valence-corrected chi connectivity index (χ2v) is 5.62. The van der Waals surface area contributed by atoms with Crippen LogP contribution in [0.1, 0.15) is 31.9 Å². The quantitative estimate of drug-likeness (QED) is 0.624. The molecule has 1 N–H and O–H groups in total. The van der Waals surface area contributed by atoms with Crippen LogP contribution in [0.25, 0.3) is 10.9 Å². The van der Waals surface area contributed by atoms with Crippen LogP contribution < -0.4 is 0 Å². The Labute approximate surface area is 112 Å². The Morgan fingerprint density at radius 3 is 2.20 bits per heavy atom. The minimum absolute atomic E-state index is 0.328. The van der Waals surface area contributed by atoms with Gasteiger partial charge in [-0.25, -0.2) is 0 Å². The van der Waals surface area contributed by atoms with Crippen molar-refractivity contribution >= 4 is 16.6 Å². The molecule has 0 aliphatic rings. The van der Waals surface area contributed by atoms with Gasteiger partial charge < -0.3 is 4.98 Å². The molecule has 0 saturated carbocycles. The average molecular weight is 286 g/mol. The number of halogens is 3. The molecule has 0 amide bonds. The lowest BCUT2D eigenvalue weighted by molar-refractivity contribution is -0.387. The van der Waals surface area contributed by atoms with Gasteiger partial charge in [-0.05, 0) is 17.0 Å². The minimum Gasteiger partial charge on any atom is -0.361 e. The zero-order valence-corrected chi connectivity index (χ0v) is 11.1. The molecule has 0 aliphatic carbocycles. The van der Waals surface area contributed by atoms with Crippen LogP contribution in [0.2, 0.25) is 0 Å². The van der Waals surface area contributed by atoms with Gasteiger partial charge in [0.25, 0.3) is 5.69 Å². The first kappa shape index (κ1) is 14.4. The van der Waals surface area contributed by atoms with Gasteiger partial charge in [0.1, 0.15) is 5.56 Å². The van der Waals surface area contributed by atoms with Crippen molar-refractivity contribution in [2.24, 2.45) is 0 Å². The van der Waals surface area contributed by atoms with Crippen molar-refractivity contribution in [3.63, 3.8) is 0 Å². The molecule has 1 aromatic heterocycles. The van der Waals surface area contributed by atoms with Gasteiger partial charge in [0.05, 0.1) is 10.4 Å². The maximum Gasteiger partial charge on any atom is 0.423 e. The molecule has 20 heavy (non-hydrogen) atoms. The Kier molecular flexibility index (Phi) is 3.03. The third-order valence-corrected chi connectivity index (χ3v) is 3.11. The number of alkyl halides is 3. The largest absolute Gasteiger partial charge is 0.423 e. The predicted molar refractivity (Wildman–Crippen MR) is 68.7 cm³/mol. The number of nitro benzene ring substituents is 1. The van der Waals surface area contributed by atoms with E-state index in [0.29, 0.717) is 16.5 Å². The first-order valence-corrected chi connectivity index (χ1v) is 5.89. The summed E-state index contributed by atoms with van der Waals surface area (Å²) in [5.74, 6) is 0. The van der Waals surface area contributed by atoms with Gasteiger partial charge in [0.15, 0.2) is 0 Å². The summed E-state index contributed by atoms with van der Waals surface area (Å²) in [5.41, 5.74) is -1.51. The summed E-state index contributed by atoms with van der Waals surface area (Å²) in [6.45, 7) is 5.60. The van der Waals surface area contributed by atoms with Crippen molar-refractivity contribution < 1.29 is 18.1 Å². The lowest BCUT2D eigenvalue weighted by atomic mass is 9.86. The van der Waals surface area contributed by atoms with Gasteiger partial charge in [0.2, 0.25) is 0 Å². The van der Waals surface area contributed by atoms with E-state index in [1.165, 1.54) is 0 Å². The number of aromatic amines is 1. The molecule has 7 heteroatoms. The van der Waals surface area contributed by atoms with E-state index < -0.39 is 22.4 Å². The number of rotatable bonds is 1. The van der Waals surface area contributed by atoms with Crippen LogP contribution >= 0.6 is 0 Å². The molecule has 4 nitrogen and oxygen atoms in total. The summed E-state index contributed by atoms with van der Waals surface area (Å²) in [4.78, 5) is 12.6. The van der Waals surface area contributed by atoms with Crippen molar-refractivity contribution in [1.82, 2.24) is 4.98 Å². The van der Waals surface area contributed by atoms with E-state index in [1.54, 1.807) is 6.20 Å². The van der Waals surface area contributed by atoms with Crippen molar-refractivity contribution in [2.75, 3.05) is 0 Å². The van der Waals surface area contributed by atoms with Gasteiger partial charge in [-0.2, -0.15) is 13.2 Å². The second-order valence-electron chi connectivity index (χ2n) is 5.62. The molecule has 0 fully saturated rings. The first-order chi connectivity index (χ1) is 9.01. The standard InChI is InChI=1S/C13H13F3N2O2/c1-12(2,3)9-6-17-10-5-11(18(19)20)8(4-7(9)10)13(14,15)16/h4-6,17H,1-3H3. The molecule has 0 spiro atoms. The Morgan fingerprint density at radius 1 is 1.15 bits per heavy atom. The van der Waals surface area contributed by atoms with Crippen LogP contribution in [0.5, 0.6) is 0 Å². The molecule has 1 heterocycles. The number of nitrogens with zero attached hydrogens (tertiary/aromatic N) is 1. The minimum atomic E-state index is -4.76. The highest BCUT2D eigenvalue weighted by Crippen LogP contribution is 2.40. The highest BCUT2D eigenvalue weighted by molar-refractivity contribution is 5.87. The normalized spacial score (nSPS) is 12.9. The molecule has 0 aliphatic heterocycles. The summed E-state index contributed by atoms with van der Waals surface area (Å²) < 4.78 is 38.9. The summed E-state index contributed by atoms with van der Waals surface area (Å²) in [5, 5.41) is 11.2. The summed E-state index contributed by atoms with van der Waals surface area (Å²) in [6.07, 6.45) is -3.17. The maximum absolute atomic E-state index is 13.0. The molecule has 0 radical (unpaired) electrons. The molecular weight excluding hydrogens is 273 g/mol. The van der Waals surface area contributed by atoms with Gasteiger partial charge >= 0.3 is 6.18 Å². The molecule has 0 saturated heterocycles. The van der Waals surface area contributed by atoms with Crippen molar-refractivity contribution in [1.29, 1.82) is 0 Å². The highest BCUT2D eigenvalue weighted by Gasteiger charge is 2.39. The lowest BCUT2D eigenvalue weighted by Crippen LogP contribution is -2.12. The molecule has 1 aromatic carbocycles. The summed E-state index contributed by atoms with van der Waals surface area (Å²) in [7, 11) is 0. The molecule has 0 unspecified atom stereocenters. The van der Waals surface area contributed by atoms with E-state index >= 15 is 0 Å². The van der Waals surface area contributed by atoms with E-state index in [-0.39, 0.29) is 5.41 Å². The Hall–Kier alpha value is -2.05. The number of H-pyrrole nitrogens is 1. The predicted octanol–water partition coefficient (Wildman–Crippen LogP) is 4.39. The van der Waals surface area contributed by atoms with Gasteiger partial charge in [-0.15, -0.1) is 0 Å². The Morgan fingerprint density at radius 2 is 1.75 bits per heavy atom. The van der Waals surface area contributed by atoms with Gasteiger partial charge in [-0.3, -0.25) is 10.1 Å². The SMILES string of the molecule is CC(C)(C)c1c[nH]c2cc([N+](=O)[O-])c(C(F)(F)F)cc12. The number of fused-ring (bicyclic) bond motifs is 1. The average Bonchev–Trinajstić information content (AvgIpc) is 2.67. The monoisotopic (exact) mass is 286 g/mol. The van der Waals surface area contributed by atoms with Gasteiger partial charge in [0, 0.05) is 17.6 Å². The fourth-order valence-corrected chi connectivity index (χ4v) is 2.16. The van der Waals surface area contributed by atoms with E-state index in [0.717, 1.165) is 12.1 Å². The Balaban J connectivity index is 2.83. The molecule has 2 aromatic rings. The van der Waals surface area contributed by atoms with Gasteiger partial charge in [-0.1, -0.05) is 20.8 Å². The smallest absolute Gasteiger partial charge is 0.361 e. The van der Waals surface area contributed by atoms with Crippen LogP contribution in [0.4, 0.5) is 18.9 Å². The van der Waals surface area contributed by atoms with Crippen molar-refractivity contribution in [3.8, 4) is 0 Å². The maximum atomic E-state index is 13.0. The third kappa shape index (κ3) is 2.35. The number of nitro groups is 1. The number of hydrogen-bond acceptors (Lipinski definition) is 2. The summed E-state index contributed by atoms with van der Waals surface area (Å²) >= 11 is 0. The number of hydrogen-bond donors (Lipinski definition) is 1. The zero-order chi connectivity index (χ0) is 15.3. The van der Waals surface area contributed by atoms with E-state index in [2.05, 4.69) is 4.98 Å². The lowest BCUT2D eigenvalue weighted by Gasteiger charge is -2.18.